The molecular formula is C21H29N7O2. The van der Waals surface area contributed by atoms with Crippen LogP contribution >= 0.6 is 0 Å². The summed E-state index contributed by atoms with van der Waals surface area (Å²) >= 11 is 0. The van der Waals surface area contributed by atoms with Crippen LogP contribution in [0.25, 0.3) is 0 Å². The van der Waals surface area contributed by atoms with E-state index in [4.69, 9.17) is 4.98 Å². The third-order valence-electron chi connectivity index (χ3n) is 5.55. The van der Waals surface area contributed by atoms with E-state index in [9.17, 15) is 10.2 Å². The van der Waals surface area contributed by atoms with Gasteiger partial charge in [0, 0.05) is 44.9 Å². The molecule has 0 bridgehead atoms. The molecule has 0 spiro atoms. The lowest BCUT2D eigenvalue weighted by Gasteiger charge is -2.30. The lowest BCUT2D eigenvalue weighted by molar-refractivity contribution is 0.450. The molecule has 2 fully saturated rings. The predicted octanol–water partition coefficient (Wildman–Crippen LogP) is 2.73. The summed E-state index contributed by atoms with van der Waals surface area (Å²) in [5, 5.41) is 25.4. The first-order valence-electron chi connectivity index (χ1n) is 10.7. The van der Waals surface area contributed by atoms with E-state index >= 15 is 0 Å². The number of rotatable bonds is 5. The van der Waals surface area contributed by atoms with Gasteiger partial charge in [-0.3, -0.25) is 0 Å². The van der Waals surface area contributed by atoms with Crippen molar-refractivity contribution in [2.24, 2.45) is 5.10 Å². The Hall–Kier alpha value is -3.10. The monoisotopic (exact) mass is 411 g/mol. The summed E-state index contributed by atoms with van der Waals surface area (Å²) in [6.45, 7) is 3.82. The first kappa shape index (κ1) is 20.2. The zero-order valence-electron chi connectivity index (χ0n) is 17.4. The Kier molecular flexibility index (Phi) is 6.15. The number of aromatic hydroxyl groups is 2. The Morgan fingerprint density at radius 1 is 0.867 bits per heavy atom. The van der Waals surface area contributed by atoms with Crippen molar-refractivity contribution >= 4 is 24.1 Å². The second-order valence-corrected chi connectivity index (χ2v) is 7.84. The maximum absolute atomic E-state index is 9.98. The van der Waals surface area contributed by atoms with Crippen molar-refractivity contribution in [1.29, 1.82) is 0 Å². The molecule has 1 aromatic heterocycles. The van der Waals surface area contributed by atoms with E-state index in [1.807, 2.05) is 0 Å². The van der Waals surface area contributed by atoms with Gasteiger partial charge in [-0.1, -0.05) is 0 Å². The molecule has 2 saturated heterocycles. The molecule has 0 unspecified atom stereocenters. The van der Waals surface area contributed by atoms with Crippen LogP contribution in [-0.2, 0) is 0 Å². The number of benzene rings is 1. The SMILES string of the molecule is CN(/N=C\c1ccc(O)cc1O)c1nc(N2CCCCC2)nc(N2CCCCC2)n1. The van der Waals surface area contributed by atoms with Gasteiger partial charge in [-0.2, -0.15) is 20.1 Å². The van der Waals surface area contributed by atoms with E-state index in [1.165, 1.54) is 31.2 Å². The zero-order chi connectivity index (χ0) is 20.9. The van der Waals surface area contributed by atoms with Crippen LogP contribution in [0, 0.1) is 0 Å². The molecule has 9 nitrogen and oxygen atoms in total. The highest BCUT2D eigenvalue weighted by Crippen LogP contribution is 2.24. The summed E-state index contributed by atoms with van der Waals surface area (Å²) in [6, 6.07) is 4.40. The molecule has 2 N–H and O–H groups in total. The number of piperidine rings is 2. The number of hydrogen-bond donors (Lipinski definition) is 2. The van der Waals surface area contributed by atoms with Gasteiger partial charge in [0.1, 0.15) is 11.5 Å². The van der Waals surface area contributed by atoms with Crippen LogP contribution in [0.15, 0.2) is 23.3 Å². The lowest BCUT2D eigenvalue weighted by Crippen LogP contribution is -2.35. The molecule has 2 aliphatic heterocycles. The van der Waals surface area contributed by atoms with Crippen LogP contribution in [0.3, 0.4) is 0 Å². The van der Waals surface area contributed by atoms with Crippen LogP contribution in [0.2, 0.25) is 0 Å². The number of nitrogens with zero attached hydrogens (tertiary/aromatic N) is 7. The van der Waals surface area contributed by atoms with Crippen LogP contribution in [-0.4, -0.2) is 64.6 Å². The molecule has 9 heteroatoms. The minimum absolute atomic E-state index is 0.00724. The summed E-state index contributed by atoms with van der Waals surface area (Å²) < 4.78 is 0. The molecule has 0 amide bonds. The molecule has 1 aromatic carbocycles. The van der Waals surface area contributed by atoms with Gasteiger partial charge in [-0.25, -0.2) is 5.01 Å². The van der Waals surface area contributed by atoms with Gasteiger partial charge in [-0.15, -0.1) is 0 Å². The fourth-order valence-corrected chi connectivity index (χ4v) is 3.80. The van der Waals surface area contributed by atoms with Crippen molar-refractivity contribution in [3.05, 3.63) is 23.8 Å². The van der Waals surface area contributed by atoms with Gasteiger partial charge in [0.15, 0.2) is 0 Å². The number of anilines is 3. The smallest absolute Gasteiger partial charge is 0.252 e. The number of phenolic OH excluding ortho intramolecular Hbond substituents is 2. The quantitative estimate of drug-likeness (QED) is 0.572. The number of phenols is 2. The summed E-state index contributed by atoms with van der Waals surface area (Å²) in [5.41, 5.74) is 0.501. The molecule has 0 aliphatic carbocycles. The molecule has 0 saturated carbocycles. The fourth-order valence-electron chi connectivity index (χ4n) is 3.80. The average Bonchev–Trinajstić information content (AvgIpc) is 2.79. The second-order valence-electron chi connectivity index (χ2n) is 7.84. The molecule has 3 heterocycles. The molecular weight excluding hydrogens is 382 g/mol. The van der Waals surface area contributed by atoms with Crippen molar-refractivity contribution in [1.82, 2.24) is 15.0 Å². The fraction of sp³-hybridized carbons (Fsp3) is 0.524. The number of hydrogen-bond acceptors (Lipinski definition) is 9. The van der Waals surface area contributed by atoms with E-state index in [-0.39, 0.29) is 11.5 Å². The molecule has 0 atom stereocenters. The highest BCUT2D eigenvalue weighted by Gasteiger charge is 2.21. The Morgan fingerprint density at radius 2 is 1.43 bits per heavy atom. The van der Waals surface area contributed by atoms with Crippen LogP contribution in [0.4, 0.5) is 17.8 Å². The van der Waals surface area contributed by atoms with Crippen molar-refractivity contribution in [3.63, 3.8) is 0 Å². The maximum atomic E-state index is 9.98. The van der Waals surface area contributed by atoms with Gasteiger partial charge < -0.3 is 20.0 Å². The second kappa shape index (κ2) is 9.15. The Labute approximate surface area is 176 Å². The van der Waals surface area contributed by atoms with Gasteiger partial charge in [0.05, 0.1) is 6.21 Å². The van der Waals surface area contributed by atoms with Gasteiger partial charge in [0.2, 0.25) is 11.9 Å². The van der Waals surface area contributed by atoms with Crippen LogP contribution in [0.1, 0.15) is 44.1 Å². The Morgan fingerprint density at radius 3 is 1.97 bits per heavy atom. The molecule has 2 aromatic rings. The highest BCUT2D eigenvalue weighted by atomic mass is 16.3. The first-order chi connectivity index (χ1) is 14.6. The largest absolute Gasteiger partial charge is 0.508 e. The summed E-state index contributed by atoms with van der Waals surface area (Å²) in [5.74, 6) is 1.85. The summed E-state index contributed by atoms with van der Waals surface area (Å²) in [7, 11) is 1.78. The standard InChI is InChI=1S/C21H29N7O2/c1-26(22-15-16-8-9-17(29)14-18(16)30)19-23-20(27-10-4-2-5-11-27)25-21(24-19)28-12-6-3-7-13-28/h8-9,14-15,29-30H,2-7,10-13H2,1H3/b22-15-. The molecule has 160 valence electrons. The van der Waals surface area contributed by atoms with E-state index in [2.05, 4.69) is 24.9 Å². The number of hydrazone groups is 1. The lowest BCUT2D eigenvalue weighted by atomic mass is 10.1. The van der Waals surface area contributed by atoms with Gasteiger partial charge >= 0.3 is 0 Å². The van der Waals surface area contributed by atoms with E-state index in [1.54, 1.807) is 18.1 Å². The number of aromatic nitrogens is 3. The molecule has 30 heavy (non-hydrogen) atoms. The predicted molar refractivity (Wildman–Crippen MR) is 118 cm³/mol. The van der Waals surface area contributed by atoms with Crippen molar-refractivity contribution in [2.45, 2.75) is 38.5 Å². The van der Waals surface area contributed by atoms with Crippen molar-refractivity contribution in [2.75, 3.05) is 48.0 Å². The Balaban J connectivity index is 1.61. The minimum atomic E-state index is -0.0363. The Bertz CT molecular complexity index is 857. The normalized spacial score (nSPS) is 17.5. The van der Waals surface area contributed by atoms with Crippen molar-refractivity contribution in [3.8, 4) is 11.5 Å². The zero-order valence-corrected chi connectivity index (χ0v) is 17.4. The summed E-state index contributed by atoms with van der Waals surface area (Å²) in [4.78, 5) is 18.6. The first-order valence-corrected chi connectivity index (χ1v) is 10.7. The van der Waals surface area contributed by atoms with Gasteiger partial charge in [-0.05, 0) is 50.7 Å². The highest BCUT2D eigenvalue weighted by molar-refractivity contribution is 5.84. The van der Waals surface area contributed by atoms with Crippen LogP contribution in [0.5, 0.6) is 11.5 Å². The van der Waals surface area contributed by atoms with Crippen LogP contribution < -0.4 is 14.8 Å². The third-order valence-corrected chi connectivity index (χ3v) is 5.55. The summed E-state index contributed by atoms with van der Waals surface area (Å²) in [6.07, 6.45) is 8.60. The third kappa shape index (κ3) is 4.72. The van der Waals surface area contributed by atoms with E-state index in [0.29, 0.717) is 23.4 Å². The molecule has 2 aliphatic rings. The average molecular weight is 412 g/mol. The molecule has 4 rings (SSSR count). The van der Waals surface area contributed by atoms with Gasteiger partial charge in [0.25, 0.3) is 5.95 Å². The molecule has 0 radical (unpaired) electrons. The maximum Gasteiger partial charge on any atom is 0.252 e. The van der Waals surface area contributed by atoms with E-state index < -0.39 is 0 Å². The topological polar surface area (TPSA) is 101 Å². The van der Waals surface area contributed by atoms with E-state index in [0.717, 1.165) is 51.9 Å². The van der Waals surface area contributed by atoms with Crippen molar-refractivity contribution < 1.29 is 10.2 Å². The minimum Gasteiger partial charge on any atom is -0.508 e.